The molecule has 0 amide bonds. The number of benzene rings is 3. The number of hydrogen-bond donors (Lipinski definition) is 0. The summed E-state index contributed by atoms with van der Waals surface area (Å²) in [5, 5.41) is 0. The summed E-state index contributed by atoms with van der Waals surface area (Å²) < 4.78 is 0. The van der Waals surface area contributed by atoms with E-state index in [1.807, 2.05) is 0 Å². The first-order valence-corrected chi connectivity index (χ1v) is 9.54. The van der Waals surface area contributed by atoms with Crippen molar-refractivity contribution in [2.75, 3.05) is 0 Å². The summed E-state index contributed by atoms with van der Waals surface area (Å²) in [6.45, 7) is 6.52. The fourth-order valence-electron chi connectivity index (χ4n) is 4.26. The predicted molar refractivity (Wildman–Crippen MR) is 115 cm³/mol. The first-order valence-electron chi connectivity index (χ1n) is 9.54. The van der Waals surface area contributed by atoms with Gasteiger partial charge in [0.2, 0.25) is 0 Å². The molecule has 4 aromatic carbocycles. The molecule has 31 heavy (non-hydrogen) atoms. The standard InChI is InChI=1S/C27H25.3ClH.Ti/c1-20-9-6-14-24(17-20)27(23-12-4-5-13-23,25-15-7-10-21(2)18-25)26-16-8-11-22(3)19-26;;;;/h4-19H,1-3H3;3*1H;/q-1;;;;+4/p-3. The summed E-state index contributed by atoms with van der Waals surface area (Å²) >= 11 is 0. The van der Waals surface area contributed by atoms with Crippen molar-refractivity contribution in [1.82, 2.24) is 0 Å². The fourth-order valence-corrected chi connectivity index (χ4v) is 4.26. The van der Waals surface area contributed by atoms with E-state index in [1.54, 1.807) is 0 Å². The van der Waals surface area contributed by atoms with Gasteiger partial charge in [0.15, 0.2) is 0 Å². The Morgan fingerprint density at radius 1 is 0.516 bits per heavy atom. The zero-order chi connectivity index (χ0) is 18.9. The molecule has 4 aromatic rings. The van der Waals surface area contributed by atoms with Crippen LogP contribution in [-0.2, 0) is 27.1 Å². The van der Waals surface area contributed by atoms with Crippen LogP contribution in [0.5, 0.6) is 0 Å². The van der Waals surface area contributed by atoms with Crippen molar-refractivity contribution < 1.29 is 58.9 Å². The van der Waals surface area contributed by atoms with Gasteiger partial charge >= 0.3 is 21.7 Å². The van der Waals surface area contributed by atoms with Crippen LogP contribution in [0.1, 0.15) is 38.9 Å². The molecule has 0 saturated heterocycles. The van der Waals surface area contributed by atoms with Gasteiger partial charge in [-0.15, -0.1) is 5.56 Å². The van der Waals surface area contributed by atoms with Crippen molar-refractivity contribution in [1.29, 1.82) is 0 Å². The first-order chi connectivity index (χ1) is 13.1. The van der Waals surface area contributed by atoms with Crippen LogP contribution in [0.2, 0.25) is 0 Å². The fraction of sp³-hybridized carbons (Fsp3) is 0.148. The Hall–Kier alpha value is -1.41. The van der Waals surface area contributed by atoms with Crippen molar-refractivity contribution in [3.05, 3.63) is 136 Å². The Labute approximate surface area is 220 Å². The van der Waals surface area contributed by atoms with Gasteiger partial charge in [-0.3, -0.25) is 0 Å². The van der Waals surface area contributed by atoms with E-state index in [4.69, 9.17) is 0 Å². The summed E-state index contributed by atoms with van der Waals surface area (Å²) in [5.74, 6) is 0. The van der Waals surface area contributed by atoms with Crippen molar-refractivity contribution in [3.63, 3.8) is 0 Å². The molecule has 0 aliphatic heterocycles. The van der Waals surface area contributed by atoms with E-state index in [0.717, 1.165) is 0 Å². The van der Waals surface area contributed by atoms with Crippen molar-refractivity contribution in [2.45, 2.75) is 26.2 Å². The summed E-state index contributed by atoms with van der Waals surface area (Å²) in [6.07, 6.45) is 0. The molecule has 0 heterocycles. The van der Waals surface area contributed by atoms with E-state index >= 15 is 0 Å². The van der Waals surface area contributed by atoms with Crippen LogP contribution in [0.3, 0.4) is 0 Å². The molecule has 0 radical (unpaired) electrons. The third-order valence-corrected chi connectivity index (χ3v) is 5.45. The minimum Gasteiger partial charge on any atom is -1.00 e. The molecule has 0 unspecified atom stereocenters. The Morgan fingerprint density at radius 2 is 0.839 bits per heavy atom. The number of aryl methyl sites for hydroxylation is 3. The van der Waals surface area contributed by atoms with Gasteiger partial charge in [0, 0.05) is 5.41 Å². The van der Waals surface area contributed by atoms with Gasteiger partial charge in [0.1, 0.15) is 0 Å². The molecule has 0 aromatic heterocycles. The Kier molecular flexibility index (Phi) is 12.0. The minimum atomic E-state index is -0.326. The summed E-state index contributed by atoms with van der Waals surface area (Å²) in [6, 6.07) is 35.6. The molecule has 0 atom stereocenters. The number of rotatable bonds is 4. The molecule has 0 aliphatic carbocycles. The van der Waals surface area contributed by atoms with E-state index in [1.165, 1.54) is 38.9 Å². The molecule has 0 fully saturated rings. The van der Waals surface area contributed by atoms with Gasteiger partial charge in [0.05, 0.1) is 0 Å². The quantitative estimate of drug-likeness (QED) is 0.167. The van der Waals surface area contributed by atoms with Crippen LogP contribution in [0, 0.1) is 20.8 Å². The topological polar surface area (TPSA) is 0 Å². The Bertz CT molecular complexity index is 960. The molecule has 0 bridgehead atoms. The normalized spacial score (nSPS) is 10.0. The zero-order valence-corrected chi connectivity index (χ0v) is 21.7. The zero-order valence-electron chi connectivity index (χ0n) is 17.9. The molecule has 0 spiro atoms. The Balaban J connectivity index is 0.00000225. The van der Waals surface area contributed by atoms with Crippen LogP contribution in [0.4, 0.5) is 0 Å². The smallest absolute Gasteiger partial charge is 1.00 e. The van der Waals surface area contributed by atoms with Crippen molar-refractivity contribution in [3.8, 4) is 0 Å². The molecular weight excluding hydrogens is 479 g/mol. The third kappa shape index (κ3) is 5.69. The van der Waals surface area contributed by atoms with Crippen molar-refractivity contribution in [2.24, 2.45) is 0 Å². The molecular formula is C27H25Cl3Ti. The largest absolute Gasteiger partial charge is 4.00 e. The van der Waals surface area contributed by atoms with Gasteiger partial charge in [-0.05, 0) is 37.5 Å². The molecule has 0 saturated carbocycles. The van der Waals surface area contributed by atoms with E-state index < -0.39 is 0 Å². The van der Waals surface area contributed by atoms with Gasteiger partial charge in [-0.1, -0.05) is 89.5 Å². The van der Waals surface area contributed by atoms with Gasteiger partial charge in [0.25, 0.3) is 0 Å². The molecule has 4 heteroatoms. The second-order valence-corrected chi connectivity index (χ2v) is 7.53. The van der Waals surface area contributed by atoms with E-state index in [0.29, 0.717) is 0 Å². The van der Waals surface area contributed by atoms with Crippen LogP contribution >= 0.6 is 0 Å². The molecule has 0 aliphatic rings. The average molecular weight is 504 g/mol. The SMILES string of the molecule is Cc1cccc(C(c2cccc(C)c2)(c2cccc(C)c2)[c-]2cccc2)c1.[Cl-].[Cl-].[Cl-].[Ti+4]. The second-order valence-electron chi connectivity index (χ2n) is 7.53. The molecule has 4 rings (SSSR count). The number of hydrogen-bond acceptors (Lipinski definition) is 0. The molecule has 0 nitrogen and oxygen atoms in total. The van der Waals surface area contributed by atoms with Crippen molar-refractivity contribution >= 4 is 0 Å². The van der Waals surface area contributed by atoms with Crippen LogP contribution < -0.4 is 37.2 Å². The molecule has 0 N–H and O–H groups in total. The van der Waals surface area contributed by atoms with Gasteiger partial charge in [-0.25, -0.2) is 12.1 Å². The number of halogens is 3. The minimum absolute atomic E-state index is 0. The Morgan fingerprint density at radius 3 is 1.13 bits per heavy atom. The first kappa shape index (κ1) is 29.6. The van der Waals surface area contributed by atoms with E-state index in [2.05, 4.69) is 118 Å². The maximum Gasteiger partial charge on any atom is 4.00 e. The summed E-state index contributed by atoms with van der Waals surface area (Å²) in [7, 11) is 0. The van der Waals surface area contributed by atoms with Gasteiger partial charge in [-0.2, -0.15) is 12.1 Å². The third-order valence-electron chi connectivity index (χ3n) is 5.45. The maximum absolute atomic E-state index is 2.33. The average Bonchev–Trinajstić information content (AvgIpc) is 3.18. The van der Waals surface area contributed by atoms with Crippen LogP contribution in [0.15, 0.2) is 97.1 Å². The maximum atomic E-state index is 2.33. The van der Waals surface area contributed by atoms with E-state index in [-0.39, 0.29) is 64.4 Å². The second kappa shape index (κ2) is 12.6. The van der Waals surface area contributed by atoms with Crippen LogP contribution in [-0.4, -0.2) is 0 Å². The van der Waals surface area contributed by atoms with Crippen LogP contribution in [0.25, 0.3) is 0 Å². The summed E-state index contributed by atoms with van der Waals surface area (Å²) in [5.41, 5.74) is 8.76. The predicted octanol–water partition coefficient (Wildman–Crippen LogP) is -2.28. The van der Waals surface area contributed by atoms with Gasteiger partial charge < -0.3 is 37.2 Å². The monoisotopic (exact) mass is 502 g/mol. The molecule has 158 valence electrons. The summed E-state index contributed by atoms with van der Waals surface area (Å²) in [4.78, 5) is 0. The van der Waals surface area contributed by atoms with E-state index in [9.17, 15) is 0 Å².